The maximum absolute atomic E-state index is 11.8. The first-order chi connectivity index (χ1) is 12.3. The highest BCUT2D eigenvalue weighted by molar-refractivity contribution is 7.86. The Balaban J connectivity index is 2.12. The molecule has 0 aliphatic heterocycles. The molecule has 0 aliphatic carbocycles. The average Bonchev–Trinajstić information content (AvgIpc) is 2.95. The van der Waals surface area contributed by atoms with Gasteiger partial charge in [0.25, 0.3) is 10.1 Å². The van der Waals surface area contributed by atoms with Crippen LogP contribution in [-0.2, 0) is 16.5 Å². The highest BCUT2D eigenvalue weighted by Crippen LogP contribution is 2.37. The second-order valence-electron chi connectivity index (χ2n) is 5.75. The van der Waals surface area contributed by atoms with Crippen molar-refractivity contribution in [3.05, 3.63) is 63.0 Å². The monoisotopic (exact) mass is 424 g/mol. The maximum Gasteiger partial charge on any atom is 0.294 e. The third-order valence-corrected chi connectivity index (χ3v) is 8.09. The van der Waals surface area contributed by atoms with Gasteiger partial charge < -0.3 is 4.74 Å². The SMILES string of the molecule is COc1ccc(S(=O)(=O)O)c(Cc2c(-c3ccc(C)cc3)ssc2=S)c1. The molecule has 0 amide bonds. The maximum atomic E-state index is 11.8. The largest absolute Gasteiger partial charge is 0.497 e. The first-order valence-corrected chi connectivity index (χ1v) is 11.6. The van der Waals surface area contributed by atoms with Gasteiger partial charge in [-0.15, -0.1) is 0 Å². The third-order valence-electron chi connectivity index (χ3n) is 3.95. The second-order valence-corrected chi connectivity index (χ2v) is 9.96. The number of ether oxygens (including phenoxy) is 1. The van der Waals surface area contributed by atoms with E-state index in [1.807, 2.05) is 31.2 Å². The summed E-state index contributed by atoms with van der Waals surface area (Å²) in [6.07, 6.45) is 0.300. The van der Waals surface area contributed by atoms with E-state index in [4.69, 9.17) is 17.0 Å². The van der Waals surface area contributed by atoms with Crippen LogP contribution in [0.2, 0.25) is 0 Å². The molecule has 3 aromatic rings. The zero-order chi connectivity index (χ0) is 18.9. The molecule has 0 radical (unpaired) electrons. The van der Waals surface area contributed by atoms with Crippen LogP contribution in [0.3, 0.4) is 0 Å². The fourth-order valence-corrected chi connectivity index (χ4v) is 6.24. The van der Waals surface area contributed by atoms with Crippen LogP contribution < -0.4 is 4.74 Å². The van der Waals surface area contributed by atoms with Gasteiger partial charge in [-0.25, -0.2) is 0 Å². The van der Waals surface area contributed by atoms with E-state index in [1.165, 1.54) is 29.6 Å². The van der Waals surface area contributed by atoms with E-state index in [9.17, 15) is 13.0 Å². The number of rotatable bonds is 5. The lowest BCUT2D eigenvalue weighted by Gasteiger charge is -2.10. The Morgan fingerprint density at radius 1 is 1.12 bits per heavy atom. The summed E-state index contributed by atoms with van der Waals surface area (Å²) in [6, 6.07) is 12.6. The third kappa shape index (κ3) is 4.05. The first kappa shape index (κ1) is 19.2. The molecule has 0 saturated heterocycles. The summed E-state index contributed by atoms with van der Waals surface area (Å²) in [6.45, 7) is 2.02. The molecule has 0 atom stereocenters. The standard InChI is InChI=1S/C18H16O4S4/c1-11-3-5-12(6-4-11)17-15(18(23)25-24-17)10-13-9-14(22-2)7-8-16(13)26(19,20)21/h3-9H,10H2,1-2H3,(H,19,20,21). The van der Waals surface area contributed by atoms with Crippen LogP contribution in [0.1, 0.15) is 16.7 Å². The Kier molecular flexibility index (Phi) is 5.59. The lowest BCUT2D eigenvalue weighted by molar-refractivity contribution is 0.413. The van der Waals surface area contributed by atoms with Crippen molar-refractivity contribution in [1.82, 2.24) is 0 Å². The lowest BCUT2D eigenvalue weighted by Crippen LogP contribution is -2.04. The normalized spacial score (nSPS) is 11.5. The Labute approximate surface area is 164 Å². The molecule has 8 heteroatoms. The zero-order valence-corrected chi connectivity index (χ0v) is 17.3. The highest BCUT2D eigenvalue weighted by atomic mass is 32.9. The second kappa shape index (κ2) is 7.58. The molecule has 26 heavy (non-hydrogen) atoms. The minimum atomic E-state index is -4.34. The fraction of sp³-hybridized carbons (Fsp3) is 0.167. The van der Waals surface area contributed by atoms with Gasteiger partial charge in [0, 0.05) is 12.0 Å². The van der Waals surface area contributed by atoms with E-state index in [-0.39, 0.29) is 4.90 Å². The molecule has 136 valence electrons. The summed E-state index contributed by atoms with van der Waals surface area (Å²) >= 11 is 5.48. The van der Waals surface area contributed by atoms with Crippen molar-refractivity contribution < 1.29 is 17.7 Å². The number of benzene rings is 2. The molecule has 0 fully saturated rings. The van der Waals surface area contributed by atoms with Crippen molar-refractivity contribution in [2.75, 3.05) is 7.11 Å². The van der Waals surface area contributed by atoms with Crippen LogP contribution in [0.25, 0.3) is 10.4 Å². The average molecular weight is 425 g/mol. The molecule has 1 heterocycles. The summed E-state index contributed by atoms with van der Waals surface area (Å²) in [7, 11) is 0.227. The lowest BCUT2D eigenvalue weighted by atomic mass is 10.0. The van der Waals surface area contributed by atoms with Crippen molar-refractivity contribution in [2.24, 2.45) is 0 Å². The molecule has 1 aromatic heterocycles. The Morgan fingerprint density at radius 2 is 1.81 bits per heavy atom. The van der Waals surface area contributed by atoms with Crippen LogP contribution in [0.5, 0.6) is 5.75 Å². The first-order valence-electron chi connectivity index (χ1n) is 7.63. The van der Waals surface area contributed by atoms with Crippen molar-refractivity contribution >= 4 is 43.0 Å². The van der Waals surface area contributed by atoms with Gasteiger partial charge in [-0.05, 0) is 36.2 Å². The van der Waals surface area contributed by atoms with Gasteiger partial charge in [-0.3, -0.25) is 4.55 Å². The molecule has 0 aliphatic rings. The van der Waals surface area contributed by atoms with Gasteiger partial charge in [0.1, 0.15) is 9.57 Å². The molecular formula is C18H16O4S4. The summed E-state index contributed by atoms with van der Waals surface area (Å²) in [5, 5.41) is 0. The quantitative estimate of drug-likeness (QED) is 0.339. The summed E-state index contributed by atoms with van der Waals surface area (Å²) in [5.74, 6) is 0.522. The molecule has 4 nitrogen and oxygen atoms in total. The molecule has 0 bridgehead atoms. The zero-order valence-electron chi connectivity index (χ0n) is 14.1. The molecule has 3 rings (SSSR count). The molecule has 0 spiro atoms. The van der Waals surface area contributed by atoms with E-state index in [2.05, 4.69) is 0 Å². The highest BCUT2D eigenvalue weighted by Gasteiger charge is 2.19. The Hall–Kier alpha value is -1.58. The predicted molar refractivity (Wildman–Crippen MR) is 109 cm³/mol. The summed E-state index contributed by atoms with van der Waals surface area (Å²) < 4.78 is 39.0. The fourth-order valence-electron chi connectivity index (χ4n) is 2.62. The summed E-state index contributed by atoms with van der Waals surface area (Å²) in [5.41, 5.74) is 3.55. The van der Waals surface area contributed by atoms with Crippen molar-refractivity contribution in [2.45, 2.75) is 18.2 Å². The smallest absolute Gasteiger partial charge is 0.294 e. The van der Waals surface area contributed by atoms with Crippen molar-refractivity contribution in [3.8, 4) is 16.2 Å². The van der Waals surface area contributed by atoms with Crippen LogP contribution in [-0.4, -0.2) is 20.1 Å². The molecular weight excluding hydrogens is 408 g/mol. The van der Waals surface area contributed by atoms with E-state index < -0.39 is 10.1 Å². The van der Waals surface area contributed by atoms with Crippen LogP contribution in [0.4, 0.5) is 0 Å². The number of aryl methyl sites for hydroxylation is 1. The van der Waals surface area contributed by atoms with Crippen molar-refractivity contribution in [3.63, 3.8) is 0 Å². The summed E-state index contributed by atoms with van der Waals surface area (Å²) in [4.78, 5) is 0.892. The van der Waals surface area contributed by atoms with Gasteiger partial charge in [0.05, 0.1) is 16.9 Å². The predicted octanol–water partition coefficient (Wildman–Crippen LogP) is 5.36. The number of methoxy groups -OCH3 is 1. The topological polar surface area (TPSA) is 63.6 Å². The minimum absolute atomic E-state index is 0.126. The van der Waals surface area contributed by atoms with E-state index in [0.717, 1.165) is 25.4 Å². The van der Waals surface area contributed by atoms with Crippen LogP contribution >= 0.6 is 32.9 Å². The molecule has 0 unspecified atom stereocenters. The number of hydrogen-bond donors (Lipinski definition) is 1. The van der Waals surface area contributed by atoms with Crippen LogP contribution in [0, 0.1) is 10.7 Å². The van der Waals surface area contributed by atoms with Gasteiger partial charge in [-0.1, -0.05) is 62.7 Å². The van der Waals surface area contributed by atoms with Gasteiger partial charge >= 0.3 is 0 Å². The van der Waals surface area contributed by atoms with E-state index in [1.54, 1.807) is 16.4 Å². The van der Waals surface area contributed by atoms with Gasteiger partial charge in [0.15, 0.2) is 0 Å². The van der Waals surface area contributed by atoms with E-state index in [0.29, 0.717) is 17.7 Å². The molecule has 1 N–H and O–H groups in total. The van der Waals surface area contributed by atoms with E-state index >= 15 is 0 Å². The van der Waals surface area contributed by atoms with Crippen LogP contribution in [0.15, 0.2) is 47.4 Å². The minimum Gasteiger partial charge on any atom is -0.497 e. The van der Waals surface area contributed by atoms with Gasteiger partial charge in [-0.2, -0.15) is 8.42 Å². The Bertz CT molecular complexity index is 1090. The number of hydrogen-bond acceptors (Lipinski definition) is 6. The molecule has 2 aromatic carbocycles. The van der Waals surface area contributed by atoms with Crippen molar-refractivity contribution in [1.29, 1.82) is 0 Å². The van der Waals surface area contributed by atoms with Gasteiger partial charge in [0.2, 0.25) is 0 Å². The Morgan fingerprint density at radius 3 is 2.42 bits per heavy atom. The molecule has 0 saturated carbocycles.